The fourth-order valence-electron chi connectivity index (χ4n) is 4.64. The predicted molar refractivity (Wildman–Crippen MR) is 175 cm³/mol. The molecule has 1 atom stereocenters. The van der Waals surface area contributed by atoms with Crippen molar-refractivity contribution in [2.45, 2.75) is 168 Å². The molecule has 0 aromatic carbocycles. The summed E-state index contributed by atoms with van der Waals surface area (Å²) in [7, 11) is -4.75. The van der Waals surface area contributed by atoms with Crippen molar-refractivity contribution in [3.05, 3.63) is 24.3 Å². The van der Waals surface area contributed by atoms with E-state index in [-0.39, 0.29) is 19.4 Å². The molecule has 0 saturated heterocycles. The van der Waals surface area contributed by atoms with Crippen LogP contribution in [0.4, 0.5) is 0 Å². The second kappa shape index (κ2) is 30.6. The van der Waals surface area contributed by atoms with Gasteiger partial charge in [0.05, 0.1) is 6.61 Å². The van der Waals surface area contributed by atoms with Crippen molar-refractivity contribution in [2.24, 2.45) is 0 Å². The van der Waals surface area contributed by atoms with Crippen LogP contribution in [0.2, 0.25) is 0 Å². The third-order valence-corrected chi connectivity index (χ3v) is 7.71. The summed E-state index contributed by atoms with van der Waals surface area (Å²) in [5.74, 6) is -0.924. The highest BCUT2D eigenvalue weighted by Gasteiger charge is 2.22. The molecule has 0 fully saturated rings. The summed E-state index contributed by atoms with van der Waals surface area (Å²) in [5, 5.41) is 0. The van der Waals surface area contributed by atoms with E-state index in [0.717, 1.165) is 44.9 Å². The summed E-state index contributed by atoms with van der Waals surface area (Å²) in [4.78, 5) is 42.5. The van der Waals surface area contributed by atoms with Gasteiger partial charge in [0, 0.05) is 12.8 Å². The third kappa shape index (κ3) is 33.3. The number of allylic oxidation sites excluding steroid dienone is 4. The average Bonchev–Trinajstić information content (AvgIpc) is 2.97. The highest BCUT2D eigenvalue weighted by atomic mass is 31.2. The van der Waals surface area contributed by atoms with E-state index in [4.69, 9.17) is 19.3 Å². The van der Waals surface area contributed by atoms with Gasteiger partial charge in [-0.05, 0) is 44.9 Å². The van der Waals surface area contributed by atoms with Gasteiger partial charge in [0.15, 0.2) is 6.10 Å². The zero-order valence-electron chi connectivity index (χ0n) is 27.4. The van der Waals surface area contributed by atoms with Crippen LogP contribution in [0.25, 0.3) is 0 Å². The van der Waals surface area contributed by atoms with Crippen molar-refractivity contribution in [1.82, 2.24) is 0 Å². The minimum absolute atomic E-state index is 0.172. The van der Waals surface area contributed by atoms with Gasteiger partial charge in [-0.1, -0.05) is 128 Å². The van der Waals surface area contributed by atoms with Crippen LogP contribution in [0.15, 0.2) is 24.3 Å². The Bertz CT molecular complexity index is 761. The standard InChI is InChI=1S/C34H63O8P/c1-3-5-7-9-11-13-15-16-17-18-19-21-23-25-27-29-34(36)42-32(31-41-43(37,38)39)30-40-33(35)28-26-24-22-20-14-12-10-8-6-4-2/h16-17,19,21,32H,3-15,18,20,22-31H2,1-2H3,(H2,37,38,39)/b17-16+,21-19+/t32-/m1/s1. The first-order chi connectivity index (χ1) is 20.8. The average molecular weight is 631 g/mol. The zero-order valence-corrected chi connectivity index (χ0v) is 28.2. The van der Waals surface area contributed by atoms with Crippen LogP contribution < -0.4 is 0 Å². The van der Waals surface area contributed by atoms with Crippen molar-refractivity contribution in [1.29, 1.82) is 0 Å². The van der Waals surface area contributed by atoms with Crippen LogP contribution in [0, 0.1) is 0 Å². The van der Waals surface area contributed by atoms with Crippen LogP contribution in [0.1, 0.15) is 162 Å². The van der Waals surface area contributed by atoms with Crippen LogP contribution >= 0.6 is 7.82 Å². The van der Waals surface area contributed by atoms with E-state index in [1.807, 2.05) is 0 Å². The Labute approximate surface area is 262 Å². The molecule has 0 aromatic rings. The summed E-state index contributed by atoms with van der Waals surface area (Å²) in [6.07, 6.45) is 31.9. The Kier molecular flexibility index (Phi) is 29.5. The second-order valence-corrected chi connectivity index (χ2v) is 12.7. The molecule has 0 aliphatic carbocycles. The lowest BCUT2D eigenvalue weighted by atomic mass is 10.1. The maximum Gasteiger partial charge on any atom is 0.469 e. The largest absolute Gasteiger partial charge is 0.469 e. The zero-order chi connectivity index (χ0) is 31.9. The normalized spacial score (nSPS) is 12.7. The van der Waals surface area contributed by atoms with Gasteiger partial charge in [-0.15, -0.1) is 0 Å². The number of esters is 2. The molecule has 0 aliphatic heterocycles. The molecule has 0 rings (SSSR count). The molecule has 0 radical (unpaired) electrons. The third-order valence-electron chi connectivity index (χ3n) is 7.22. The molecule has 9 heteroatoms. The van der Waals surface area contributed by atoms with Gasteiger partial charge in [0.2, 0.25) is 0 Å². The Morgan fingerprint density at radius 3 is 1.58 bits per heavy atom. The molecular formula is C34H63O8P. The Hall–Kier alpha value is -1.47. The van der Waals surface area contributed by atoms with E-state index in [1.165, 1.54) is 83.5 Å². The molecule has 0 unspecified atom stereocenters. The van der Waals surface area contributed by atoms with Crippen LogP contribution in [0.5, 0.6) is 0 Å². The summed E-state index contributed by atoms with van der Waals surface area (Å²) in [5.41, 5.74) is 0. The summed E-state index contributed by atoms with van der Waals surface area (Å²) >= 11 is 0. The van der Waals surface area contributed by atoms with Crippen LogP contribution in [-0.2, 0) is 28.2 Å². The molecule has 252 valence electrons. The maximum absolute atomic E-state index is 12.3. The molecular weight excluding hydrogens is 567 g/mol. The topological polar surface area (TPSA) is 119 Å². The number of carbonyl (C=O) groups is 2. The monoisotopic (exact) mass is 630 g/mol. The lowest BCUT2D eigenvalue weighted by Crippen LogP contribution is -2.29. The number of carbonyl (C=O) groups excluding carboxylic acids is 2. The van der Waals surface area contributed by atoms with Gasteiger partial charge in [0.25, 0.3) is 0 Å². The quantitative estimate of drug-likeness (QED) is 0.0336. The molecule has 2 N–H and O–H groups in total. The number of phosphoric acid groups is 1. The minimum Gasteiger partial charge on any atom is -0.462 e. The molecule has 0 spiro atoms. The Balaban J connectivity index is 4.07. The fraction of sp³-hybridized carbons (Fsp3) is 0.824. The maximum atomic E-state index is 12.3. The highest BCUT2D eigenvalue weighted by Crippen LogP contribution is 2.35. The predicted octanol–water partition coefficient (Wildman–Crippen LogP) is 9.68. The van der Waals surface area contributed by atoms with E-state index in [0.29, 0.717) is 6.42 Å². The van der Waals surface area contributed by atoms with Crippen molar-refractivity contribution in [2.75, 3.05) is 13.2 Å². The van der Waals surface area contributed by atoms with Crippen molar-refractivity contribution < 1.29 is 37.9 Å². The van der Waals surface area contributed by atoms with Crippen molar-refractivity contribution in [3.63, 3.8) is 0 Å². The molecule has 0 bridgehead atoms. The number of hydrogen-bond acceptors (Lipinski definition) is 6. The van der Waals surface area contributed by atoms with Crippen LogP contribution in [-0.4, -0.2) is 41.0 Å². The van der Waals surface area contributed by atoms with Gasteiger partial charge >= 0.3 is 19.8 Å². The van der Waals surface area contributed by atoms with Crippen LogP contribution in [0.3, 0.4) is 0 Å². The molecule has 0 amide bonds. The SMILES string of the molecule is CCCCCCCC/C=C/C/C=C/CCCCC(=O)O[C@H](COC(=O)CCCCCCCCCCCC)COP(=O)(O)O. The molecule has 0 heterocycles. The van der Waals surface area contributed by atoms with Gasteiger partial charge < -0.3 is 19.3 Å². The fourth-order valence-corrected chi connectivity index (χ4v) is 5.00. The first kappa shape index (κ1) is 41.5. The summed E-state index contributed by atoms with van der Waals surface area (Å²) in [6, 6.07) is 0. The molecule has 8 nitrogen and oxygen atoms in total. The lowest BCUT2D eigenvalue weighted by Gasteiger charge is -2.18. The first-order valence-corrected chi connectivity index (χ1v) is 18.7. The number of rotatable bonds is 31. The number of ether oxygens (including phenoxy) is 2. The van der Waals surface area contributed by atoms with Crippen molar-refractivity contribution in [3.8, 4) is 0 Å². The smallest absolute Gasteiger partial charge is 0.462 e. The molecule has 0 saturated carbocycles. The van der Waals surface area contributed by atoms with E-state index in [2.05, 4.69) is 42.7 Å². The first-order valence-electron chi connectivity index (χ1n) is 17.1. The van der Waals surface area contributed by atoms with Gasteiger partial charge in [0.1, 0.15) is 6.61 Å². The summed E-state index contributed by atoms with van der Waals surface area (Å²) < 4.78 is 26.2. The van der Waals surface area contributed by atoms with E-state index >= 15 is 0 Å². The Morgan fingerprint density at radius 1 is 0.605 bits per heavy atom. The van der Waals surface area contributed by atoms with Gasteiger partial charge in [-0.3, -0.25) is 14.1 Å². The Morgan fingerprint density at radius 2 is 1.05 bits per heavy atom. The lowest BCUT2D eigenvalue weighted by molar-refractivity contribution is -0.161. The van der Waals surface area contributed by atoms with E-state index in [9.17, 15) is 14.2 Å². The minimum atomic E-state index is -4.75. The molecule has 0 aliphatic rings. The molecule has 0 aromatic heterocycles. The number of phosphoric ester groups is 1. The van der Waals surface area contributed by atoms with E-state index in [1.54, 1.807) is 0 Å². The number of unbranched alkanes of at least 4 members (excludes halogenated alkanes) is 17. The van der Waals surface area contributed by atoms with Crippen molar-refractivity contribution >= 4 is 19.8 Å². The molecule has 43 heavy (non-hydrogen) atoms. The highest BCUT2D eigenvalue weighted by molar-refractivity contribution is 7.46. The number of hydrogen-bond donors (Lipinski definition) is 2. The van der Waals surface area contributed by atoms with Gasteiger partial charge in [-0.25, -0.2) is 4.57 Å². The second-order valence-electron chi connectivity index (χ2n) is 11.5. The van der Waals surface area contributed by atoms with Gasteiger partial charge in [-0.2, -0.15) is 0 Å². The van der Waals surface area contributed by atoms with E-state index < -0.39 is 32.5 Å². The summed E-state index contributed by atoms with van der Waals surface area (Å²) in [6.45, 7) is 3.61.